The summed E-state index contributed by atoms with van der Waals surface area (Å²) in [4.78, 5) is 23.8. The molecular weight excluding hydrogens is 349 g/mol. The SMILES string of the molecule is CCCCOc1ccccc1NC(=O)CNC(=O)NCc1ccc(F)cc1. The van der Waals surface area contributed by atoms with Crippen LogP contribution in [0.3, 0.4) is 0 Å². The highest BCUT2D eigenvalue weighted by molar-refractivity contribution is 5.95. The van der Waals surface area contributed by atoms with Crippen LogP contribution in [0.4, 0.5) is 14.9 Å². The number of nitrogens with one attached hydrogen (secondary N) is 3. The molecule has 0 saturated heterocycles. The Labute approximate surface area is 158 Å². The first-order valence-corrected chi connectivity index (χ1v) is 8.86. The molecule has 3 N–H and O–H groups in total. The van der Waals surface area contributed by atoms with Gasteiger partial charge in [0, 0.05) is 6.54 Å². The molecule has 0 unspecified atom stereocenters. The van der Waals surface area contributed by atoms with Gasteiger partial charge in [-0.3, -0.25) is 4.79 Å². The van der Waals surface area contributed by atoms with Crippen LogP contribution in [-0.2, 0) is 11.3 Å². The van der Waals surface area contributed by atoms with Gasteiger partial charge in [-0.15, -0.1) is 0 Å². The third-order valence-electron chi connectivity index (χ3n) is 3.69. The van der Waals surface area contributed by atoms with Gasteiger partial charge in [0.1, 0.15) is 11.6 Å². The first-order chi connectivity index (χ1) is 13.1. The summed E-state index contributed by atoms with van der Waals surface area (Å²) in [5.74, 6) is -0.0997. The molecule has 0 spiro atoms. The molecule has 6 nitrogen and oxygen atoms in total. The van der Waals surface area contributed by atoms with Gasteiger partial charge in [-0.25, -0.2) is 9.18 Å². The number of amides is 3. The molecule has 0 fully saturated rings. The molecule has 2 aromatic rings. The van der Waals surface area contributed by atoms with E-state index >= 15 is 0 Å². The second-order valence-corrected chi connectivity index (χ2v) is 5.91. The normalized spacial score (nSPS) is 10.1. The number of urea groups is 1. The van der Waals surface area contributed by atoms with Gasteiger partial charge in [-0.2, -0.15) is 0 Å². The molecule has 0 atom stereocenters. The predicted molar refractivity (Wildman–Crippen MR) is 102 cm³/mol. The Kier molecular flexibility index (Phi) is 8.09. The lowest BCUT2D eigenvalue weighted by molar-refractivity contribution is -0.115. The van der Waals surface area contributed by atoms with Crippen LogP contribution in [0.25, 0.3) is 0 Å². The molecule has 0 saturated carbocycles. The molecular formula is C20H24FN3O3. The zero-order chi connectivity index (χ0) is 19.5. The fourth-order valence-electron chi connectivity index (χ4n) is 2.22. The van der Waals surface area contributed by atoms with Gasteiger partial charge in [-0.1, -0.05) is 37.6 Å². The van der Waals surface area contributed by atoms with E-state index in [4.69, 9.17) is 4.74 Å². The number of ether oxygens (including phenoxy) is 1. The van der Waals surface area contributed by atoms with Crippen molar-refractivity contribution < 1.29 is 18.7 Å². The molecule has 0 radical (unpaired) electrons. The molecule has 0 heterocycles. The minimum absolute atomic E-state index is 0.182. The van der Waals surface area contributed by atoms with E-state index in [0.717, 1.165) is 18.4 Å². The first-order valence-electron chi connectivity index (χ1n) is 8.86. The number of rotatable bonds is 9. The average molecular weight is 373 g/mol. The Morgan fingerprint density at radius 1 is 1.04 bits per heavy atom. The molecule has 3 amide bonds. The summed E-state index contributed by atoms with van der Waals surface area (Å²) in [6.45, 7) is 2.71. The third-order valence-corrected chi connectivity index (χ3v) is 3.69. The number of hydrogen-bond donors (Lipinski definition) is 3. The van der Waals surface area contributed by atoms with Crippen molar-refractivity contribution in [2.75, 3.05) is 18.5 Å². The Hall–Kier alpha value is -3.09. The summed E-state index contributed by atoms with van der Waals surface area (Å²) in [7, 11) is 0. The van der Waals surface area contributed by atoms with Gasteiger partial charge in [-0.05, 0) is 36.2 Å². The van der Waals surface area contributed by atoms with Crippen molar-refractivity contribution in [2.45, 2.75) is 26.3 Å². The molecule has 0 aliphatic rings. The zero-order valence-corrected chi connectivity index (χ0v) is 15.3. The van der Waals surface area contributed by atoms with E-state index in [0.29, 0.717) is 18.0 Å². The van der Waals surface area contributed by atoms with E-state index in [9.17, 15) is 14.0 Å². The predicted octanol–water partition coefficient (Wildman–Crippen LogP) is 3.44. The lowest BCUT2D eigenvalue weighted by Crippen LogP contribution is -2.39. The molecule has 0 aliphatic heterocycles. The van der Waals surface area contributed by atoms with Crippen molar-refractivity contribution in [2.24, 2.45) is 0 Å². The lowest BCUT2D eigenvalue weighted by Gasteiger charge is -2.13. The van der Waals surface area contributed by atoms with Gasteiger partial charge in [0.2, 0.25) is 5.91 Å². The number of halogens is 1. The van der Waals surface area contributed by atoms with Crippen LogP contribution in [-0.4, -0.2) is 25.1 Å². The van der Waals surface area contributed by atoms with Crippen LogP contribution < -0.4 is 20.7 Å². The highest BCUT2D eigenvalue weighted by atomic mass is 19.1. The largest absolute Gasteiger partial charge is 0.491 e. The van der Waals surface area contributed by atoms with E-state index in [1.807, 2.05) is 6.07 Å². The second-order valence-electron chi connectivity index (χ2n) is 5.91. The topological polar surface area (TPSA) is 79.5 Å². The highest BCUT2D eigenvalue weighted by Crippen LogP contribution is 2.23. The molecule has 7 heteroatoms. The van der Waals surface area contributed by atoms with Gasteiger partial charge < -0.3 is 20.7 Å². The molecule has 0 aliphatic carbocycles. The number of hydrogen-bond acceptors (Lipinski definition) is 3. The summed E-state index contributed by atoms with van der Waals surface area (Å²) >= 11 is 0. The number of carbonyl (C=O) groups is 2. The molecule has 2 aromatic carbocycles. The highest BCUT2D eigenvalue weighted by Gasteiger charge is 2.09. The van der Waals surface area contributed by atoms with Crippen molar-refractivity contribution in [3.8, 4) is 5.75 Å². The first kappa shape index (κ1) is 20.2. The second kappa shape index (κ2) is 10.8. The number of benzene rings is 2. The smallest absolute Gasteiger partial charge is 0.315 e. The standard InChI is InChI=1S/C20H24FN3O3/c1-2-3-12-27-18-7-5-4-6-17(18)24-19(25)14-23-20(26)22-13-15-8-10-16(21)11-9-15/h4-11H,2-3,12-14H2,1H3,(H,24,25)(H2,22,23,26). The fourth-order valence-corrected chi connectivity index (χ4v) is 2.22. The average Bonchev–Trinajstić information content (AvgIpc) is 2.67. The fraction of sp³-hybridized carbons (Fsp3) is 0.300. The van der Waals surface area contributed by atoms with Gasteiger partial charge in [0.15, 0.2) is 0 Å². The number of anilines is 1. The Morgan fingerprint density at radius 2 is 1.78 bits per heavy atom. The van der Waals surface area contributed by atoms with E-state index in [-0.39, 0.29) is 24.8 Å². The van der Waals surface area contributed by atoms with Crippen LogP contribution in [0.2, 0.25) is 0 Å². The maximum Gasteiger partial charge on any atom is 0.315 e. The third kappa shape index (κ3) is 7.35. The van der Waals surface area contributed by atoms with Gasteiger partial charge in [0.25, 0.3) is 0 Å². The minimum atomic E-state index is -0.484. The van der Waals surface area contributed by atoms with Crippen molar-refractivity contribution in [3.05, 3.63) is 59.9 Å². The summed E-state index contributed by atoms with van der Waals surface area (Å²) in [6, 6.07) is 12.5. The Bertz CT molecular complexity index is 750. The summed E-state index contributed by atoms with van der Waals surface area (Å²) < 4.78 is 18.5. The zero-order valence-electron chi connectivity index (χ0n) is 15.3. The molecule has 2 rings (SSSR count). The minimum Gasteiger partial charge on any atom is -0.491 e. The van der Waals surface area contributed by atoms with E-state index < -0.39 is 6.03 Å². The molecule has 144 valence electrons. The number of unbranched alkanes of at least 4 members (excludes halogenated alkanes) is 1. The van der Waals surface area contributed by atoms with Crippen molar-refractivity contribution >= 4 is 17.6 Å². The lowest BCUT2D eigenvalue weighted by atomic mass is 10.2. The number of carbonyl (C=O) groups excluding carboxylic acids is 2. The maximum absolute atomic E-state index is 12.8. The molecule has 0 bridgehead atoms. The van der Waals surface area contributed by atoms with Crippen LogP contribution in [0, 0.1) is 5.82 Å². The van der Waals surface area contributed by atoms with Gasteiger partial charge >= 0.3 is 6.03 Å². The Morgan fingerprint density at radius 3 is 2.52 bits per heavy atom. The summed E-state index contributed by atoms with van der Waals surface area (Å²) in [5, 5.41) is 7.81. The van der Waals surface area contributed by atoms with E-state index in [1.54, 1.807) is 30.3 Å². The van der Waals surface area contributed by atoms with Crippen molar-refractivity contribution in [1.29, 1.82) is 0 Å². The van der Waals surface area contributed by atoms with Crippen LogP contribution in [0.1, 0.15) is 25.3 Å². The molecule has 27 heavy (non-hydrogen) atoms. The van der Waals surface area contributed by atoms with E-state index in [1.165, 1.54) is 12.1 Å². The quantitative estimate of drug-likeness (QED) is 0.589. The molecule has 0 aromatic heterocycles. The van der Waals surface area contributed by atoms with Crippen LogP contribution in [0.15, 0.2) is 48.5 Å². The Balaban J connectivity index is 1.75. The van der Waals surface area contributed by atoms with Crippen LogP contribution >= 0.6 is 0 Å². The van der Waals surface area contributed by atoms with Crippen molar-refractivity contribution in [1.82, 2.24) is 10.6 Å². The van der Waals surface area contributed by atoms with Crippen LogP contribution in [0.5, 0.6) is 5.75 Å². The summed E-state index contributed by atoms with van der Waals surface area (Å²) in [6.07, 6.45) is 1.95. The van der Waals surface area contributed by atoms with E-state index in [2.05, 4.69) is 22.9 Å². The monoisotopic (exact) mass is 373 g/mol. The number of para-hydroxylation sites is 2. The van der Waals surface area contributed by atoms with Crippen molar-refractivity contribution in [3.63, 3.8) is 0 Å². The van der Waals surface area contributed by atoms with Gasteiger partial charge in [0.05, 0.1) is 18.8 Å². The maximum atomic E-state index is 12.8. The summed E-state index contributed by atoms with van der Waals surface area (Å²) in [5.41, 5.74) is 1.32.